The van der Waals surface area contributed by atoms with E-state index in [0.29, 0.717) is 10.2 Å². The highest BCUT2D eigenvalue weighted by Gasteiger charge is 2.17. The van der Waals surface area contributed by atoms with Crippen molar-refractivity contribution in [2.75, 3.05) is 4.72 Å². The highest BCUT2D eigenvalue weighted by atomic mass is 79.9. The summed E-state index contributed by atoms with van der Waals surface area (Å²) in [5.74, 6) is -0.0535. The average molecular weight is 435 g/mol. The van der Waals surface area contributed by atoms with Gasteiger partial charge in [-0.3, -0.25) is 9.52 Å². The summed E-state index contributed by atoms with van der Waals surface area (Å²) >= 11 is 6.26. The van der Waals surface area contributed by atoms with Crippen molar-refractivity contribution in [1.82, 2.24) is 9.97 Å². The summed E-state index contributed by atoms with van der Waals surface area (Å²) in [7, 11) is -3.80. The van der Waals surface area contributed by atoms with Crippen molar-refractivity contribution in [3.05, 3.63) is 45.2 Å². The molecule has 0 aliphatic rings. The lowest BCUT2D eigenvalue weighted by atomic mass is 10.2. The Morgan fingerprint density at radius 3 is 2.33 bits per heavy atom. The third-order valence-electron chi connectivity index (χ3n) is 2.50. The zero-order valence-electron chi connectivity index (χ0n) is 10.7. The minimum absolute atomic E-state index is 0.0316. The van der Waals surface area contributed by atoms with Crippen LogP contribution < -0.4 is 4.72 Å². The minimum atomic E-state index is -3.80. The SMILES string of the molecule is CC(=O)c1ccc(S(=O)(=O)Nc2ncc(Br)nc2Br)cc1. The summed E-state index contributed by atoms with van der Waals surface area (Å²) in [4.78, 5) is 19.1. The monoisotopic (exact) mass is 433 g/mol. The van der Waals surface area contributed by atoms with E-state index in [1.807, 2.05) is 0 Å². The molecular weight excluding hydrogens is 426 g/mol. The molecule has 1 N–H and O–H groups in total. The number of sulfonamides is 1. The third-order valence-corrected chi connectivity index (χ3v) is 4.79. The largest absolute Gasteiger partial charge is 0.295 e. The van der Waals surface area contributed by atoms with Gasteiger partial charge in [0.15, 0.2) is 16.2 Å². The molecule has 110 valence electrons. The maximum absolute atomic E-state index is 12.2. The van der Waals surface area contributed by atoms with Gasteiger partial charge in [0.1, 0.15) is 4.60 Å². The van der Waals surface area contributed by atoms with E-state index in [-0.39, 0.29) is 21.1 Å². The number of hydrogen-bond donors (Lipinski definition) is 1. The van der Waals surface area contributed by atoms with E-state index in [4.69, 9.17) is 0 Å². The van der Waals surface area contributed by atoms with Crippen molar-refractivity contribution in [2.45, 2.75) is 11.8 Å². The highest BCUT2D eigenvalue weighted by molar-refractivity contribution is 9.11. The van der Waals surface area contributed by atoms with Crippen molar-refractivity contribution in [2.24, 2.45) is 0 Å². The van der Waals surface area contributed by atoms with Gasteiger partial charge in [-0.2, -0.15) is 0 Å². The molecule has 1 aromatic carbocycles. The second-order valence-electron chi connectivity index (χ2n) is 4.02. The van der Waals surface area contributed by atoms with Crippen LogP contribution in [0.3, 0.4) is 0 Å². The molecule has 0 radical (unpaired) electrons. The summed E-state index contributed by atoms with van der Waals surface area (Å²) in [6.07, 6.45) is 1.38. The Kier molecular flexibility index (Phi) is 4.74. The van der Waals surface area contributed by atoms with Crippen LogP contribution >= 0.6 is 31.9 Å². The smallest absolute Gasteiger partial charge is 0.263 e. The van der Waals surface area contributed by atoms with Crippen LogP contribution in [0.2, 0.25) is 0 Å². The summed E-state index contributed by atoms with van der Waals surface area (Å²) in [6, 6.07) is 5.64. The summed E-state index contributed by atoms with van der Waals surface area (Å²) in [5.41, 5.74) is 0.443. The second-order valence-corrected chi connectivity index (χ2v) is 7.26. The predicted octanol–water partition coefficient (Wildman–Crippen LogP) is 3.01. The van der Waals surface area contributed by atoms with Crippen molar-refractivity contribution >= 4 is 53.5 Å². The van der Waals surface area contributed by atoms with E-state index in [1.165, 1.54) is 37.4 Å². The normalized spacial score (nSPS) is 11.2. The fourth-order valence-corrected chi connectivity index (χ4v) is 3.53. The van der Waals surface area contributed by atoms with Crippen LogP contribution in [0.5, 0.6) is 0 Å². The molecule has 2 rings (SSSR count). The molecule has 0 aliphatic carbocycles. The first-order valence-electron chi connectivity index (χ1n) is 5.61. The molecule has 21 heavy (non-hydrogen) atoms. The van der Waals surface area contributed by atoms with Gasteiger partial charge in [-0.25, -0.2) is 18.4 Å². The molecule has 0 unspecified atom stereocenters. The summed E-state index contributed by atoms with van der Waals surface area (Å²) in [5, 5.41) is 0. The Bertz CT molecular complexity index is 792. The number of benzene rings is 1. The fourth-order valence-electron chi connectivity index (χ4n) is 1.47. The number of anilines is 1. The lowest BCUT2D eigenvalue weighted by Gasteiger charge is -2.08. The molecule has 0 spiro atoms. The molecule has 0 amide bonds. The third kappa shape index (κ3) is 3.86. The molecule has 0 saturated heterocycles. The first-order chi connectivity index (χ1) is 9.79. The van der Waals surface area contributed by atoms with E-state index >= 15 is 0 Å². The summed E-state index contributed by atoms with van der Waals surface area (Å²) in [6.45, 7) is 1.41. The Morgan fingerprint density at radius 1 is 1.19 bits per heavy atom. The molecule has 2 aromatic rings. The van der Waals surface area contributed by atoms with Gasteiger partial charge >= 0.3 is 0 Å². The number of halogens is 2. The molecule has 6 nitrogen and oxygen atoms in total. The molecule has 1 heterocycles. The Morgan fingerprint density at radius 2 is 1.81 bits per heavy atom. The van der Waals surface area contributed by atoms with Gasteiger partial charge in [-0.15, -0.1) is 0 Å². The van der Waals surface area contributed by atoms with Crippen LogP contribution in [0.25, 0.3) is 0 Å². The number of Topliss-reactive ketones (excluding diaryl/α,β-unsaturated/α-hetero) is 1. The van der Waals surface area contributed by atoms with Crippen LogP contribution in [0, 0.1) is 0 Å². The van der Waals surface area contributed by atoms with Gasteiger partial charge < -0.3 is 0 Å². The molecule has 0 fully saturated rings. The van der Waals surface area contributed by atoms with Gasteiger partial charge in [-0.1, -0.05) is 12.1 Å². The van der Waals surface area contributed by atoms with Crippen LogP contribution in [0.15, 0.2) is 44.6 Å². The van der Waals surface area contributed by atoms with Gasteiger partial charge in [0, 0.05) is 5.56 Å². The second kappa shape index (κ2) is 6.20. The highest BCUT2D eigenvalue weighted by Crippen LogP contribution is 2.22. The topological polar surface area (TPSA) is 89.0 Å². The minimum Gasteiger partial charge on any atom is -0.295 e. The number of ketones is 1. The van der Waals surface area contributed by atoms with E-state index in [2.05, 4.69) is 46.5 Å². The molecule has 0 saturated carbocycles. The van der Waals surface area contributed by atoms with Crippen LogP contribution in [-0.2, 0) is 10.0 Å². The molecular formula is C12H9Br2N3O3S. The van der Waals surface area contributed by atoms with E-state index in [9.17, 15) is 13.2 Å². The maximum Gasteiger partial charge on any atom is 0.263 e. The maximum atomic E-state index is 12.2. The number of carbonyl (C=O) groups excluding carboxylic acids is 1. The standard InChI is InChI=1S/C12H9Br2N3O3S/c1-7(18)8-2-4-9(5-3-8)21(19,20)17-12-11(14)16-10(13)6-15-12/h2-6H,1H3,(H,15,17). The lowest BCUT2D eigenvalue weighted by Crippen LogP contribution is -2.15. The molecule has 1 aromatic heterocycles. The van der Waals surface area contributed by atoms with Crippen molar-refractivity contribution in [3.8, 4) is 0 Å². The van der Waals surface area contributed by atoms with Crippen LogP contribution in [0.4, 0.5) is 5.82 Å². The van der Waals surface area contributed by atoms with Gasteiger partial charge in [0.05, 0.1) is 11.1 Å². The lowest BCUT2D eigenvalue weighted by molar-refractivity contribution is 0.101. The number of hydrogen-bond acceptors (Lipinski definition) is 5. The van der Waals surface area contributed by atoms with E-state index < -0.39 is 10.0 Å². The van der Waals surface area contributed by atoms with Crippen LogP contribution in [-0.4, -0.2) is 24.2 Å². The van der Waals surface area contributed by atoms with Gasteiger partial charge in [0.25, 0.3) is 10.0 Å². The molecule has 0 bridgehead atoms. The Balaban J connectivity index is 2.31. The van der Waals surface area contributed by atoms with Crippen LogP contribution in [0.1, 0.15) is 17.3 Å². The average Bonchev–Trinajstić information content (AvgIpc) is 2.42. The Labute approximate surface area is 138 Å². The first kappa shape index (κ1) is 16.1. The predicted molar refractivity (Wildman–Crippen MR) is 84.7 cm³/mol. The molecule has 0 aliphatic heterocycles. The van der Waals surface area contributed by atoms with Crippen molar-refractivity contribution < 1.29 is 13.2 Å². The van der Waals surface area contributed by atoms with Gasteiger partial charge in [0.2, 0.25) is 0 Å². The number of carbonyl (C=O) groups is 1. The number of aromatic nitrogens is 2. The zero-order valence-corrected chi connectivity index (χ0v) is 14.7. The van der Waals surface area contributed by atoms with Crippen molar-refractivity contribution in [3.63, 3.8) is 0 Å². The van der Waals surface area contributed by atoms with Crippen molar-refractivity contribution in [1.29, 1.82) is 0 Å². The number of nitrogens with zero attached hydrogens (tertiary/aromatic N) is 2. The fraction of sp³-hybridized carbons (Fsp3) is 0.0833. The first-order valence-corrected chi connectivity index (χ1v) is 8.68. The zero-order chi connectivity index (χ0) is 15.6. The number of rotatable bonds is 4. The van der Waals surface area contributed by atoms with Gasteiger partial charge in [-0.05, 0) is 50.9 Å². The quantitative estimate of drug-likeness (QED) is 0.747. The Hall–Kier alpha value is -1.32. The molecule has 0 atom stereocenters. The number of nitrogens with one attached hydrogen (secondary N) is 1. The molecule has 9 heteroatoms. The van der Waals surface area contributed by atoms with E-state index in [1.54, 1.807) is 0 Å². The summed E-state index contributed by atoms with van der Waals surface area (Å²) < 4.78 is 27.5. The van der Waals surface area contributed by atoms with E-state index in [0.717, 1.165) is 0 Å².